The lowest BCUT2D eigenvalue weighted by molar-refractivity contribution is 0.0812. The van der Waals surface area contributed by atoms with Crippen LogP contribution in [0.4, 0.5) is 8.78 Å². The molecule has 96 valence electrons. The zero-order valence-corrected chi connectivity index (χ0v) is 10.6. The summed E-state index contributed by atoms with van der Waals surface area (Å²) in [5, 5.41) is 3.65. The smallest absolute Gasteiger partial charge is 0.282 e. The monoisotopic (exact) mass is 244 g/mol. The molecule has 0 bridgehead atoms. The molecule has 0 amide bonds. The minimum Gasteiger partial charge on any atom is -0.293 e. The summed E-state index contributed by atoms with van der Waals surface area (Å²) < 4.78 is 26.8. The molecule has 0 unspecified atom stereocenters. The Labute approximate surface area is 99.8 Å². The maximum absolute atomic E-state index is 12.7. The Kier molecular flexibility index (Phi) is 4.01. The number of carbonyl (C=O) groups excluding carboxylic acids is 1. The predicted octanol–water partition coefficient (Wildman–Crippen LogP) is 3.37. The van der Waals surface area contributed by atoms with Crippen LogP contribution in [-0.4, -0.2) is 15.6 Å². The SMILES string of the molecule is CCCC(C)(C)C(=O)c1cn(C)nc1C(F)F. The van der Waals surface area contributed by atoms with E-state index in [4.69, 9.17) is 0 Å². The van der Waals surface area contributed by atoms with Crippen LogP contribution in [0.5, 0.6) is 0 Å². The van der Waals surface area contributed by atoms with Gasteiger partial charge in [0.1, 0.15) is 5.69 Å². The van der Waals surface area contributed by atoms with Gasteiger partial charge in [0.2, 0.25) is 0 Å². The summed E-state index contributed by atoms with van der Waals surface area (Å²) in [5.41, 5.74) is -0.996. The van der Waals surface area contributed by atoms with E-state index in [0.717, 1.165) is 6.42 Å². The van der Waals surface area contributed by atoms with Crippen LogP contribution in [0, 0.1) is 5.41 Å². The molecule has 0 radical (unpaired) electrons. The van der Waals surface area contributed by atoms with Crippen LogP contribution in [0.2, 0.25) is 0 Å². The standard InChI is InChI=1S/C12H18F2N2O/c1-5-6-12(2,3)10(17)8-7-16(4)15-9(8)11(13)14/h7,11H,5-6H2,1-4H3. The van der Waals surface area contributed by atoms with Gasteiger partial charge in [-0.05, 0) is 6.42 Å². The molecular formula is C12H18F2N2O. The number of aromatic nitrogens is 2. The van der Waals surface area contributed by atoms with Gasteiger partial charge >= 0.3 is 0 Å². The summed E-state index contributed by atoms with van der Waals surface area (Å²) in [6, 6.07) is 0. The number of hydrogen-bond donors (Lipinski definition) is 0. The predicted molar refractivity (Wildman–Crippen MR) is 61.2 cm³/mol. The van der Waals surface area contributed by atoms with Crippen molar-refractivity contribution in [3.05, 3.63) is 17.5 Å². The molecule has 0 aliphatic heterocycles. The third-order valence-corrected chi connectivity index (χ3v) is 2.80. The number of halogens is 2. The van der Waals surface area contributed by atoms with Gasteiger partial charge in [0.15, 0.2) is 5.78 Å². The highest BCUT2D eigenvalue weighted by Crippen LogP contribution is 2.31. The normalized spacial score (nSPS) is 12.2. The molecule has 0 atom stereocenters. The largest absolute Gasteiger partial charge is 0.293 e. The highest BCUT2D eigenvalue weighted by molar-refractivity contribution is 6.00. The Hall–Kier alpha value is -1.26. The lowest BCUT2D eigenvalue weighted by Gasteiger charge is -2.21. The van der Waals surface area contributed by atoms with Gasteiger partial charge in [-0.25, -0.2) is 8.78 Å². The molecule has 1 heterocycles. The van der Waals surface area contributed by atoms with E-state index in [-0.39, 0.29) is 11.3 Å². The third-order valence-electron chi connectivity index (χ3n) is 2.80. The van der Waals surface area contributed by atoms with Crippen LogP contribution in [0.1, 0.15) is 56.1 Å². The van der Waals surface area contributed by atoms with Gasteiger partial charge < -0.3 is 0 Å². The number of ketones is 1. The summed E-state index contributed by atoms with van der Waals surface area (Å²) in [6.45, 7) is 5.52. The molecule has 0 spiro atoms. The van der Waals surface area contributed by atoms with Crippen LogP contribution in [0.15, 0.2) is 6.20 Å². The number of Topliss-reactive ketones (excluding diaryl/α,β-unsaturated/α-hetero) is 1. The number of rotatable bonds is 5. The van der Waals surface area contributed by atoms with Crippen molar-refractivity contribution in [2.24, 2.45) is 12.5 Å². The van der Waals surface area contributed by atoms with E-state index in [9.17, 15) is 13.6 Å². The van der Waals surface area contributed by atoms with Crippen LogP contribution < -0.4 is 0 Å². The summed E-state index contributed by atoms with van der Waals surface area (Å²) in [4.78, 5) is 12.2. The minimum atomic E-state index is -2.72. The van der Waals surface area contributed by atoms with Crippen molar-refractivity contribution in [3.8, 4) is 0 Å². The maximum Gasteiger partial charge on any atom is 0.282 e. The Morgan fingerprint density at radius 2 is 2.12 bits per heavy atom. The van der Waals surface area contributed by atoms with Gasteiger partial charge in [-0.1, -0.05) is 27.2 Å². The maximum atomic E-state index is 12.7. The van der Waals surface area contributed by atoms with Crippen LogP contribution in [0.25, 0.3) is 0 Å². The molecule has 1 aromatic heterocycles. The van der Waals surface area contributed by atoms with E-state index >= 15 is 0 Å². The molecule has 0 saturated carbocycles. The van der Waals surface area contributed by atoms with Crippen molar-refractivity contribution in [3.63, 3.8) is 0 Å². The van der Waals surface area contributed by atoms with Gasteiger partial charge in [-0.2, -0.15) is 5.10 Å². The second-order valence-electron chi connectivity index (χ2n) is 4.87. The first-order valence-corrected chi connectivity index (χ1v) is 5.66. The van der Waals surface area contributed by atoms with E-state index in [0.29, 0.717) is 6.42 Å². The molecule has 0 aliphatic rings. The topological polar surface area (TPSA) is 34.9 Å². The fourth-order valence-electron chi connectivity index (χ4n) is 1.94. The Bertz CT molecular complexity index is 411. The van der Waals surface area contributed by atoms with Gasteiger partial charge in [-0.15, -0.1) is 0 Å². The van der Waals surface area contributed by atoms with E-state index < -0.39 is 17.5 Å². The molecular weight excluding hydrogens is 226 g/mol. The molecule has 0 saturated heterocycles. The summed E-state index contributed by atoms with van der Waals surface area (Å²) in [7, 11) is 1.54. The number of alkyl halides is 2. The molecule has 1 aromatic rings. The molecule has 0 aromatic carbocycles. The van der Waals surface area contributed by atoms with E-state index in [1.165, 1.54) is 17.9 Å². The van der Waals surface area contributed by atoms with Crippen LogP contribution in [-0.2, 0) is 7.05 Å². The Morgan fingerprint density at radius 1 is 1.53 bits per heavy atom. The van der Waals surface area contributed by atoms with Crippen LogP contribution >= 0.6 is 0 Å². The molecule has 3 nitrogen and oxygen atoms in total. The number of nitrogens with zero attached hydrogens (tertiary/aromatic N) is 2. The lowest BCUT2D eigenvalue weighted by atomic mass is 9.80. The number of carbonyl (C=O) groups is 1. The average Bonchev–Trinajstić information content (AvgIpc) is 2.59. The number of aryl methyl sites for hydroxylation is 1. The van der Waals surface area contributed by atoms with Gasteiger partial charge in [0.25, 0.3) is 6.43 Å². The zero-order valence-electron chi connectivity index (χ0n) is 10.6. The number of hydrogen-bond acceptors (Lipinski definition) is 2. The Balaban J connectivity index is 3.11. The van der Waals surface area contributed by atoms with E-state index in [1.807, 2.05) is 6.92 Å². The quantitative estimate of drug-likeness (QED) is 0.744. The van der Waals surface area contributed by atoms with Crippen molar-refractivity contribution in [1.29, 1.82) is 0 Å². The summed E-state index contributed by atoms with van der Waals surface area (Å²) >= 11 is 0. The van der Waals surface area contributed by atoms with Gasteiger partial charge in [-0.3, -0.25) is 9.48 Å². The van der Waals surface area contributed by atoms with Crippen molar-refractivity contribution in [1.82, 2.24) is 9.78 Å². The van der Waals surface area contributed by atoms with E-state index in [1.54, 1.807) is 13.8 Å². The first kappa shape index (κ1) is 13.8. The second kappa shape index (κ2) is 4.94. The van der Waals surface area contributed by atoms with Crippen molar-refractivity contribution in [2.45, 2.75) is 40.0 Å². The molecule has 0 fully saturated rings. The second-order valence-corrected chi connectivity index (χ2v) is 4.87. The average molecular weight is 244 g/mol. The van der Waals surface area contributed by atoms with Gasteiger partial charge in [0, 0.05) is 18.7 Å². The molecule has 5 heteroatoms. The molecule has 0 aliphatic carbocycles. The van der Waals surface area contributed by atoms with Crippen molar-refractivity contribution in [2.75, 3.05) is 0 Å². The first-order chi connectivity index (χ1) is 7.79. The fourth-order valence-corrected chi connectivity index (χ4v) is 1.94. The summed E-state index contributed by atoms with van der Waals surface area (Å²) in [5.74, 6) is -0.261. The molecule has 0 N–H and O–H groups in total. The van der Waals surface area contributed by atoms with Crippen LogP contribution in [0.3, 0.4) is 0 Å². The minimum absolute atomic E-state index is 0.0425. The van der Waals surface area contributed by atoms with E-state index in [2.05, 4.69) is 5.10 Å². The third kappa shape index (κ3) is 2.90. The van der Waals surface area contributed by atoms with Crippen molar-refractivity contribution < 1.29 is 13.6 Å². The summed E-state index contributed by atoms with van der Waals surface area (Å²) in [6.07, 6.45) is 0.167. The highest BCUT2D eigenvalue weighted by Gasteiger charge is 2.32. The highest BCUT2D eigenvalue weighted by atomic mass is 19.3. The first-order valence-electron chi connectivity index (χ1n) is 5.66. The van der Waals surface area contributed by atoms with Crippen molar-refractivity contribution >= 4 is 5.78 Å². The Morgan fingerprint density at radius 3 is 2.59 bits per heavy atom. The zero-order chi connectivity index (χ0) is 13.2. The molecule has 17 heavy (non-hydrogen) atoms. The molecule has 1 rings (SSSR count). The lowest BCUT2D eigenvalue weighted by Crippen LogP contribution is -2.24. The van der Waals surface area contributed by atoms with Gasteiger partial charge in [0.05, 0.1) is 5.56 Å². The fraction of sp³-hybridized carbons (Fsp3) is 0.667.